The smallest absolute Gasteiger partial charge is 0.246 e. The lowest BCUT2D eigenvalue weighted by Crippen LogP contribution is -2.47. The van der Waals surface area contributed by atoms with Gasteiger partial charge in [-0.05, 0) is 67.3 Å². The minimum absolute atomic E-state index is 0. The molecule has 0 unspecified atom stereocenters. The van der Waals surface area contributed by atoms with Crippen LogP contribution in [0.3, 0.4) is 0 Å². The van der Waals surface area contributed by atoms with E-state index in [-0.39, 0.29) is 23.7 Å². The standard InChI is InChI=1S/C22H28N4O2.ClH/c23-12-14-1-3-18(4-2-14)21-25-20(28-26-21)13-24-19(27)11-22-8-15-5-16(9-22)7-17(6-15)10-22;/h1-4,15-17H,5-13,23H2,(H,24,27);1H. The lowest BCUT2D eigenvalue weighted by Gasteiger charge is -2.56. The van der Waals surface area contributed by atoms with Crippen LogP contribution < -0.4 is 11.1 Å². The van der Waals surface area contributed by atoms with E-state index < -0.39 is 0 Å². The fourth-order valence-corrected chi connectivity index (χ4v) is 6.32. The molecule has 7 heteroatoms. The van der Waals surface area contributed by atoms with Crippen LogP contribution in [0.5, 0.6) is 0 Å². The Bertz CT molecular complexity index is 829. The molecule has 4 fully saturated rings. The fourth-order valence-electron chi connectivity index (χ4n) is 6.32. The van der Waals surface area contributed by atoms with Gasteiger partial charge in [-0.3, -0.25) is 4.79 Å². The molecular weight excluding hydrogens is 388 g/mol. The Balaban J connectivity index is 0.00000205. The maximum absolute atomic E-state index is 12.6. The number of aromatic nitrogens is 2. The van der Waals surface area contributed by atoms with Crippen molar-refractivity contribution in [2.24, 2.45) is 28.9 Å². The second-order valence-corrected chi connectivity index (χ2v) is 9.28. The zero-order valence-electron chi connectivity index (χ0n) is 16.6. The van der Waals surface area contributed by atoms with Crippen molar-refractivity contribution in [3.05, 3.63) is 35.7 Å². The van der Waals surface area contributed by atoms with E-state index in [1.165, 1.54) is 38.5 Å². The Morgan fingerprint density at radius 2 is 1.72 bits per heavy atom. The highest BCUT2D eigenvalue weighted by molar-refractivity contribution is 5.85. The van der Waals surface area contributed by atoms with E-state index >= 15 is 0 Å². The van der Waals surface area contributed by atoms with E-state index in [0.29, 0.717) is 31.2 Å². The number of carbonyl (C=O) groups is 1. The zero-order chi connectivity index (χ0) is 19.1. The zero-order valence-corrected chi connectivity index (χ0v) is 17.4. The average Bonchev–Trinajstić information content (AvgIpc) is 3.14. The Kier molecular flexibility index (Phi) is 5.67. The molecule has 29 heavy (non-hydrogen) atoms. The number of hydrogen-bond acceptors (Lipinski definition) is 5. The van der Waals surface area contributed by atoms with Gasteiger partial charge in [-0.15, -0.1) is 12.4 Å². The van der Waals surface area contributed by atoms with Crippen molar-refractivity contribution >= 4 is 18.3 Å². The summed E-state index contributed by atoms with van der Waals surface area (Å²) in [5, 5.41) is 7.04. The number of halogens is 1. The number of nitrogens with two attached hydrogens (primary N) is 1. The van der Waals surface area contributed by atoms with Crippen LogP contribution in [0, 0.1) is 23.2 Å². The lowest BCUT2D eigenvalue weighted by atomic mass is 9.49. The first-order chi connectivity index (χ1) is 13.6. The average molecular weight is 417 g/mol. The van der Waals surface area contributed by atoms with Crippen LogP contribution in [-0.4, -0.2) is 16.0 Å². The topological polar surface area (TPSA) is 94.0 Å². The predicted octanol–water partition coefficient (Wildman–Crippen LogP) is 3.84. The van der Waals surface area contributed by atoms with Gasteiger partial charge in [0.05, 0.1) is 6.54 Å². The fraction of sp³-hybridized carbons (Fsp3) is 0.591. The normalized spacial score (nSPS) is 29.5. The first kappa shape index (κ1) is 20.4. The molecule has 0 atom stereocenters. The summed E-state index contributed by atoms with van der Waals surface area (Å²) < 4.78 is 5.32. The summed E-state index contributed by atoms with van der Waals surface area (Å²) in [4.78, 5) is 17.0. The van der Waals surface area contributed by atoms with Gasteiger partial charge in [-0.25, -0.2) is 0 Å². The molecule has 156 valence electrons. The number of rotatable bonds is 6. The van der Waals surface area contributed by atoms with Crippen LogP contribution in [0.1, 0.15) is 56.4 Å². The summed E-state index contributed by atoms with van der Waals surface area (Å²) in [7, 11) is 0. The van der Waals surface area contributed by atoms with Gasteiger partial charge in [0.15, 0.2) is 0 Å². The van der Waals surface area contributed by atoms with E-state index in [1.807, 2.05) is 24.3 Å². The van der Waals surface area contributed by atoms with Gasteiger partial charge in [0.25, 0.3) is 0 Å². The van der Waals surface area contributed by atoms with Crippen LogP contribution in [0.4, 0.5) is 0 Å². The van der Waals surface area contributed by atoms with Gasteiger partial charge in [0.1, 0.15) is 0 Å². The van der Waals surface area contributed by atoms with E-state index in [4.69, 9.17) is 10.3 Å². The summed E-state index contributed by atoms with van der Waals surface area (Å²) in [5.41, 5.74) is 7.82. The molecule has 1 amide bonds. The van der Waals surface area contributed by atoms with Crippen molar-refractivity contribution in [2.45, 2.75) is 58.0 Å². The summed E-state index contributed by atoms with van der Waals surface area (Å²) in [5.74, 6) is 3.69. The molecule has 4 aliphatic carbocycles. The first-order valence-corrected chi connectivity index (χ1v) is 10.5. The molecule has 1 aromatic heterocycles. The van der Waals surface area contributed by atoms with Gasteiger partial charge >= 0.3 is 0 Å². The number of benzene rings is 1. The molecule has 1 heterocycles. The van der Waals surface area contributed by atoms with E-state index in [9.17, 15) is 4.79 Å². The Hall–Kier alpha value is -1.92. The van der Waals surface area contributed by atoms with Crippen LogP contribution in [0.15, 0.2) is 28.8 Å². The highest BCUT2D eigenvalue weighted by Crippen LogP contribution is 2.61. The van der Waals surface area contributed by atoms with E-state index in [2.05, 4.69) is 15.5 Å². The molecule has 6 nitrogen and oxygen atoms in total. The third kappa shape index (κ3) is 4.19. The molecule has 0 aliphatic heterocycles. The van der Waals surface area contributed by atoms with Gasteiger partial charge < -0.3 is 15.6 Å². The lowest BCUT2D eigenvalue weighted by molar-refractivity contribution is -0.129. The van der Waals surface area contributed by atoms with Crippen molar-refractivity contribution < 1.29 is 9.32 Å². The van der Waals surface area contributed by atoms with Gasteiger partial charge in [0.2, 0.25) is 17.6 Å². The molecule has 0 radical (unpaired) electrons. The maximum Gasteiger partial charge on any atom is 0.246 e. The number of nitrogens with zero attached hydrogens (tertiary/aromatic N) is 2. The molecule has 2 aromatic rings. The van der Waals surface area contributed by atoms with Crippen molar-refractivity contribution in [3.63, 3.8) is 0 Å². The quantitative estimate of drug-likeness (QED) is 0.746. The van der Waals surface area contributed by atoms with Crippen molar-refractivity contribution in [3.8, 4) is 11.4 Å². The Morgan fingerprint density at radius 3 is 2.31 bits per heavy atom. The molecular formula is C22H29ClN4O2. The largest absolute Gasteiger partial charge is 0.347 e. The van der Waals surface area contributed by atoms with Gasteiger partial charge in [0, 0.05) is 18.5 Å². The van der Waals surface area contributed by atoms with E-state index in [1.54, 1.807) is 0 Å². The van der Waals surface area contributed by atoms with Gasteiger partial charge in [-0.1, -0.05) is 29.4 Å². The number of hydrogen-bond donors (Lipinski definition) is 2. The molecule has 4 aliphatic rings. The predicted molar refractivity (Wildman–Crippen MR) is 112 cm³/mol. The van der Waals surface area contributed by atoms with Crippen LogP contribution in [0.25, 0.3) is 11.4 Å². The van der Waals surface area contributed by atoms with E-state index in [0.717, 1.165) is 28.9 Å². The molecule has 4 saturated carbocycles. The maximum atomic E-state index is 12.6. The molecule has 3 N–H and O–H groups in total. The number of nitrogens with one attached hydrogen (secondary N) is 1. The first-order valence-electron chi connectivity index (χ1n) is 10.5. The van der Waals surface area contributed by atoms with Crippen LogP contribution in [-0.2, 0) is 17.9 Å². The molecule has 0 spiro atoms. The highest BCUT2D eigenvalue weighted by atomic mass is 35.5. The monoisotopic (exact) mass is 416 g/mol. The van der Waals surface area contributed by atoms with Crippen molar-refractivity contribution in [2.75, 3.05) is 0 Å². The highest BCUT2D eigenvalue weighted by Gasteiger charge is 2.51. The minimum Gasteiger partial charge on any atom is -0.347 e. The molecule has 1 aromatic carbocycles. The third-order valence-corrected chi connectivity index (χ3v) is 7.05. The van der Waals surface area contributed by atoms with Crippen molar-refractivity contribution in [1.82, 2.24) is 15.5 Å². The Labute approximate surface area is 177 Å². The second-order valence-electron chi connectivity index (χ2n) is 9.28. The Morgan fingerprint density at radius 1 is 1.10 bits per heavy atom. The number of carbonyl (C=O) groups excluding carboxylic acids is 1. The minimum atomic E-state index is 0. The molecule has 4 bridgehead atoms. The summed E-state index contributed by atoms with van der Waals surface area (Å²) in [6.45, 7) is 0.798. The summed E-state index contributed by atoms with van der Waals surface area (Å²) in [6, 6.07) is 7.78. The van der Waals surface area contributed by atoms with Crippen molar-refractivity contribution in [1.29, 1.82) is 0 Å². The van der Waals surface area contributed by atoms with Crippen LogP contribution >= 0.6 is 12.4 Å². The van der Waals surface area contributed by atoms with Gasteiger partial charge in [-0.2, -0.15) is 4.98 Å². The summed E-state index contributed by atoms with van der Waals surface area (Å²) in [6.07, 6.45) is 8.59. The molecule has 6 rings (SSSR count). The second kappa shape index (κ2) is 8.07. The molecule has 0 saturated heterocycles. The van der Waals surface area contributed by atoms with Crippen LogP contribution in [0.2, 0.25) is 0 Å². The number of amides is 1. The SMILES string of the molecule is Cl.NCc1ccc(-c2noc(CNC(=O)CC34CC5CC(CC(C5)C3)C4)n2)cc1. The third-order valence-electron chi connectivity index (χ3n) is 7.05. The summed E-state index contributed by atoms with van der Waals surface area (Å²) >= 11 is 0.